The summed E-state index contributed by atoms with van der Waals surface area (Å²) < 4.78 is 63.9. The lowest BCUT2D eigenvalue weighted by atomic mass is 9.77. The van der Waals surface area contributed by atoms with Crippen LogP contribution in [-0.2, 0) is 20.3 Å². The molecule has 27 heavy (non-hydrogen) atoms. The molecule has 1 amide bonds. The van der Waals surface area contributed by atoms with Gasteiger partial charge in [-0.3, -0.25) is 4.79 Å². The molecule has 0 saturated carbocycles. The van der Waals surface area contributed by atoms with Crippen LogP contribution in [0.4, 0.5) is 17.6 Å². The molecular weight excluding hydrogens is 365 g/mol. The highest BCUT2D eigenvalue weighted by molar-refractivity contribution is 6.56. The molecule has 1 aliphatic rings. The van der Waals surface area contributed by atoms with Crippen LogP contribution in [-0.4, -0.2) is 30.8 Å². The van der Waals surface area contributed by atoms with E-state index in [1.54, 1.807) is 0 Å². The summed E-state index contributed by atoms with van der Waals surface area (Å²) in [6.45, 7) is 8.78. The summed E-state index contributed by atoms with van der Waals surface area (Å²) in [6.07, 6.45) is -3.31. The molecule has 1 aromatic carbocycles. The van der Waals surface area contributed by atoms with E-state index in [1.165, 1.54) is 13.0 Å². The van der Waals surface area contributed by atoms with Crippen LogP contribution in [0, 0.1) is 5.82 Å². The lowest BCUT2D eigenvalue weighted by Crippen LogP contribution is -2.41. The zero-order chi connectivity index (χ0) is 20.6. The third-order valence-corrected chi connectivity index (χ3v) is 4.75. The average Bonchev–Trinajstić information content (AvgIpc) is 2.70. The van der Waals surface area contributed by atoms with Crippen molar-refractivity contribution in [3.05, 3.63) is 40.6 Å². The van der Waals surface area contributed by atoms with E-state index < -0.39 is 35.9 Å². The number of benzene rings is 1. The first-order chi connectivity index (χ1) is 12.2. The van der Waals surface area contributed by atoms with Gasteiger partial charge in [0, 0.05) is 13.5 Å². The molecule has 0 radical (unpaired) electrons. The number of halogens is 4. The van der Waals surface area contributed by atoms with E-state index in [0.717, 1.165) is 12.1 Å². The monoisotopic (exact) mass is 387 g/mol. The Morgan fingerprint density at radius 2 is 1.74 bits per heavy atom. The van der Waals surface area contributed by atoms with E-state index in [0.29, 0.717) is 11.5 Å². The molecule has 148 valence electrons. The van der Waals surface area contributed by atoms with Crippen LogP contribution in [0.1, 0.15) is 45.7 Å². The number of alkyl halides is 3. The van der Waals surface area contributed by atoms with Gasteiger partial charge in [-0.15, -0.1) is 0 Å². The number of hydrogen-bond donors (Lipinski definition) is 1. The molecule has 1 aromatic rings. The predicted molar refractivity (Wildman–Crippen MR) is 94.1 cm³/mol. The summed E-state index contributed by atoms with van der Waals surface area (Å²) in [6, 6.07) is 2.63. The van der Waals surface area contributed by atoms with Crippen molar-refractivity contribution in [1.29, 1.82) is 0 Å². The summed E-state index contributed by atoms with van der Waals surface area (Å²) in [4.78, 5) is 11.3. The van der Waals surface area contributed by atoms with E-state index in [2.05, 4.69) is 5.32 Å². The predicted octanol–water partition coefficient (Wildman–Crippen LogP) is 4.00. The average molecular weight is 387 g/mol. The van der Waals surface area contributed by atoms with Crippen molar-refractivity contribution < 1.29 is 31.7 Å². The first-order valence-corrected chi connectivity index (χ1v) is 8.40. The van der Waals surface area contributed by atoms with Crippen molar-refractivity contribution in [1.82, 2.24) is 5.32 Å². The van der Waals surface area contributed by atoms with Crippen molar-refractivity contribution in [3.63, 3.8) is 0 Å². The molecule has 1 aliphatic heterocycles. The lowest BCUT2D eigenvalue weighted by Gasteiger charge is -2.32. The lowest BCUT2D eigenvalue weighted by molar-refractivity contribution is -0.140. The number of amides is 1. The maximum absolute atomic E-state index is 13.9. The van der Waals surface area contributed by atoms with Crippen molar-refractivity contribution in [2.24, 2.45) is 0 Å². The fraction of sp³-hybridized carbons (Fsp3) is 0.500. The van der Waals surface area contributed by atoms with Gasteiger partial charge in [-0.25, -0.2) is 4.39 Å². The highest BCUT2D eigenvalue weighted by atomic mass is 19.4. The number of rotatable bonds is 4. The Morgan fingerprint density at radius 1 is 1.19 bits per heavy atom. The molecule has 2 rings (SSSR count). The van der Waals surface area contributed by atoms with Crippen molar-refractivity contribution in [2.75, 3.05) is 6.54 Å². The van der Waals surface area contributed by atoms with E-state index >= 15 is 0 Å². The fourth-order valence-electron chi connectivity index (χ4n) is 2.49. The van der Waals surface area contributed by atoms with Crippen LogP contribution in [0.25, 0.3) is 6.08 Å². The summed E-state index contributed by atoms with van der Waals surface area (Å²) in [5.74, 6) is -1.67. The molecule has 1 N–H and O–H groups in total. The summed E-state index contributed by atoms with van der Waals surface area (Å²) in [7, 11) is -0.827. The second kappa shape index (κ2) is 7.28. The maximum atomic E-state index is 13.9. The minimum Gasteiger partial charge on any atom is -0.400 e. The van der Waals surface area contributed by atoms with E-state index in [4.69, 9.17) is 9.31 Å². The Labute approximate surface area is 156 Å². The third kappa shape index (κ3) is 4.90. The SMILES string of the molecule is CC(=O)NCC(=Cc1ccc(C(F)(F)F)c(F)c1)B1OC(C)(C)C(C)(C)O1. The molecule has 9 heteroatoms. The highest BCUT2D eigenvalue weighted by Gasteiger charge is 2.52. The number of carbonyl (C=O) groups is 1. The van der Waals surface area contributed by atoms with Crippen molar-refractivity contribution >= 4 is 19.1 Å². The van der Waals surface area contributed by atoms with Crippen LogP contribution in [0.2, 0.25) is 0 Å². The Morgan fingerprint density at radius 3 is 2.19 bits per heavy atom. The van der Waals surface area contributed by atoms with Crippen LogP contribution < -0.4 is 5.32 Å². The molecule has 0 unspecified atom stereocenters. The first kappa shape index (κ1) is 21.4. The van der Waals surface area contributed by atoms with Crippen molar-refractivity contribution in [3.8, 4) is 0 Å². The maximum Gasteiger partial charge on any atom is 0.492 e. The number of hydrogen-bond acceptors (Lipinski definition) is 3. The van der Waals surface area contributed by atoms with Crippen LogP contribution in [0.15, 0.2) is 23.7 Å². The van der Waals surface area contributed by atoms with Crippen LogP contribution in [0.5, 0.6) is 0 Å². The molecule has 0 bridgehead atoms. The largest absolute Gasteiger partial charge is 0.492 e. The van der Waals surface area contributed by atoms with Gasteiger partial charge in [0.1, 0.15) is 5.82 Å². The Balaban J connectivity index is 2.37. The molecule has 1 saturated heterocycles. The van der Waals surface area contributed by atoms with Crippen molar-refractivity contribution in [2.45, 2.75) is 52.0 Å². The number of nitrogens with one attached hydrogen (secondary N) is 1. The van der Waals surface area contributed by atoms with Gasteiger partial charge in [-0.05, 0) is 50.9 Å². The van der Waals surface area contributed by atoms with E-state index in [-0.39, 0.29) is 18.0 Å². The molecule has 0 spiro atoms. The molecule has 0 aromatic heterocycles. The standard InChI is InChI=1S/C18H22BF4NO3/c1-11(25)24-10-13(19-26-16(2,3)17(4,5)27-19)8-12-6-7-14(15(20)9-12)18(21,22)23/h6-9H,10H2,1-5H3,(H,24,25). The van der Waals surface area contributed by atoms with Crippen LogP contribution >= 0.6 is 0 Å². The highest BCUT2D eigenvalue weighted by Crippen LogP contribution is 2.39. The Hall–Kier alpha value is -1.87. The minimum absolute atomic E-state index is 0.0504. The zero-order valence-corrected chi connectivity index (χ0v) is 15.8. The van der Waals surface area contributed by atoms with Gasteiger partial charge in [0.05, 0.1) is 16.8 Å². The zero-order valence-electron chi connectivity index (χ0n) is 15.8. The minimum atomic E-state index is -4.77. The van der Waals surface area contributed by atoms with Crippen LogP contribution in [0.3, 0.4) is 0 Å². The van der Waals surface area contributed by atoms with Gasteiger partial charge in [-0.1, -0.05) is 12.1 Å². The normalized spacial score (nSPS) is 19.3. The first-order valence-electron chi connectivity index (χ1n) is 8.40. The second-order valence-corrected chi connectivity index (χ2v) is 7.45. The summed E-state index contributed by atoms with van der Waals surface area (Å²) in [5.41, 5.74) is -1.95. The molecule has 1 heterocycles. The topological polar surface area (TPSA) is 47.6 Å². The molecule has 0 atom stereocenters. The second-order valence-electron chi connectivity index (χ2n) is 7.45. The van der Waals surface area contributed by atoms with Gasteiger partial charge in [-0.2, -0.15) is 13.2 Å². The molecule has 0 aliphatic carbocycles. The van der Waals surface area contributed by atoms with Gasteiger partial charge in [0.15, 0.2) is 0 Å². The summed E-state index contributed by atoms with van der Waals surface area (Å²) >= 11 is 0. The molecular formula is C18H22BF4NO3. The Kier molecular flexibility index (Phi) is 5.78. The summed E-state index contributed by atoms with van der Waals surface area (Å²) in [5, 5.41) is 2.61. The van der Waals surface area contributed by atoms with Gasteiger partial charge in [0.2, 0.25) is 5.91 Å². The third-order valence-electron chi connectivity index (χ3n) is 4.75. The molecule has 1 fully saturated rings. The van der Waals surface area contributed by atoms with E-state index in [9.17, 15) is 22.4 Å². The van der Waals surface area contributed by atoms with Gasteiger partial charge in [0.25, 0.3) is 0 Å². The Bertz CT molecular complexity index is 743. The quantitative estimate of drug-likeness (QED) is 0.628. The number of carbonyl (C=O) groups excluding carboxylic acids is 1. The smallest absolute Gasteiger partial charge is 0.400 e. The fourth-order valence-corrected chi connectivity index (χ4v) is 2.49. The molecule has 4 nitrogen and oxygen atoms in total. The van der Waals surface area contributed by atoms with Gasteiger partial charge < -0.3 is 14.6 Å². The van der Waals surface area contributed by atoms with Gasteiger partial charge >= 0.3 is 13.3 Å². The van der Waals surface area contributed by atoms with E-state index in [1.807, 2.05) is 27.7 Å².